The van der Waals surface area contributed by atoms with E-state index in [1.807, 2.05) is 48.5 Å². The summed E-state index contributed by atoms with van der Waals surface area (Å²) in [5, 5.41) is 5.67. The van der Waals surface area contributed by atoms with Gasteiger partial charge in [-0.25, -0.2) is 4.79 Å². The highest BCUT2D eigenvalue weighted by molar-refractivity contribution is 8.00. The summed E-state index contributed by atoms with van der Waals surface area (Å²) in [4.78, 5) is 55.4. The lowest BCUT2D eigenvalue weighted by atomic mass is 10.0. The lowest BCUT2D eigenvalue weighted by Crippen LogP contribution is -2.34. The van der Waals surface area contributed by atoms with E-state index in [9.17, 15) is 19.2 Å². The minimum atomic E-state index is -0.679. The Labute approximate surface area is 269 Å². The van der Waals surface area contributed by atoms with Crippen LogP contribution >= 0.6 is 23.1 Å². The molecule has 3 aromatic carbocycles. The number of ether oxygens (including phenoxy) is 2. The molecule has 45 heavy (non-hydrogen) atoms. The van der Waals surface area contributed by atoms with Crippen molar-refractivity contribution in [2.24, 2.45) is 0 Å². The van der Waals surface area contributed by atoms with Gasteiger partial charge in [0, 0.05) is 34.5 Å². The van der Waals surface area contributed by atoms with Crippen molar-refractivity contribution in [3.8, 4) is 5.75 Å². The van der Waals surface area contributed by atoms with Gasteiger partial charge in [-0.2, -0.15) is 0 Å². The number of carbonyl (C=O) groups is 4. The van der Waals surface area contributed by atoms with Gasteiger partial charge in [0.1, 0.15) is 16.0 Å². The van der Waals surface area contributed by atoms with Crippen molar-refractivity contribution < 1.29 is 28.7 Å². The monoisotopic (exact) mass is 643 g/mol. The number of nitrogens with one attached hydrogen (secondary N) is 2. The summed E-state index contributed by atoms with van der Waals surface area (Å²) in [6.07, 6.45) is 0.501. The van der Waals surface area contributed by atoms with Crippen LogP contribution in [0.2, 0.25) is 0 Å². The van der Waals surface area contributed by atoms with Gasteiger partial charge in [0.25, 0.3) is 5.91 Å². The second-order valence-corrected chi connectivity index (χ2v) is 12.5. The number of methoxy groups -OCH3 is 1. The standard InChI is InChI=1S/C34H33N3O6S2/c1-4-43-34(41)29-27-17-18-37(21(2)38)20-28(27)45-33(29)36-32(40)30(22-9-6-5-7-10-22)44-26-12-8-11-24(19-26)35-31(39)23-13-15-25(42-3)16-14-23/h5-16,19,30H,4,17-18,20H2,1-3H3,(H,35,39)(H,36,40). The summed E-state index contributed by atoms with van der Waals surface area (Å²) in [6, 6.07) is 23.5. The summed E-state index contributed by atoms with van der Waals surface area (Å²) in [5.41, 5.74) is 3.01. The molecule has 0 aliphatic carbocycles. The molecule has 4 aromatic rings. The Morgan fingerprint density at radius 1 is 0.978 bits per heavy atom. The maximum absolute atomic E-state index is 14.0. The van der Waals surface area contributed by atoms with Gasteiger partial charge in [-0.1, -0.05) is 36.4 Å². The molecular formula is C34H33N3O6S2. The molecule has 2 N–H and O–H groups in total. The Morgan fingerprint density at radius 2 is 1.73 bits per heavy atom. The summed E-state index contributed by atoms with van der Waals surface area (Å²) < 4.78 is 10.5. The predicted octanol–water partition coefficient (Wildman–Crippen LogP) is 6.56. The third-order valence-electron chi connectivity index (χ3n) is 7.26. The fraction of sp³-hybridized carbons (Fsp3) is 0.235. The SMILES string of the molecule is CCOC(=O)c1c(NC(=O)C(Sc2cccc(NC(=O)c3ccc(OC)cc3)c2)c2ccccc2)sc2c1CCN(C(C)=O)C2. The average Bonchev–Trinajstić information content (AvgIpc) is 3.41. The lowest BCUT2D eigenvalue weighted by Gasteiger charge is -2.25. The molecule has 1 aliphatic heterocycles. The van der Waals surface area contributed by atoms with Crippen molar-refractivity contribution in [2.45, 2.75) is 37.0 Å². The largest absolute Gasteiger partial charge is 0.497 e. The Balaban J connectivity index is 1.40. The smallest absolute Gasteiger partial charge is 0.341 e. The number of nitrogens with zero attached hydrogens (tertiary/aromatic N) is 1. The molecule has 0 bridgehead atoms. The minimum Gasteiger partial charge on any atom is -0.497 e. The highest BCUT2D eigenvalue weighted by atomic mass is 32.2. The average molecular weight is 644 g/mol. The van der Waals surface area contributed by atoms with Gasteiger partial charge in [-0.3, -0.25) is 14.4 Å². The molecule has 1 aromatic heterocycles. The van der Waals surface area contributed by atoms with Gasteiger partial charge >= 0.3 is 5.97 Å². The molecular weight excluding hydrogens is 611 g/mol. The molecule has 0 saturated carbocycles. The van der Waals surface area contributed by atoms with Crippen LogP contribution in [0.15, 0.2) is 83.8 Å². The Kier molecular flexibility index (Phi) is 10.2. The van der Waals surface area contributed by atoms with E-state index in [1.165, 1.54) is 30.0 Å². The second kappa shape index (κ2) is 14.4. The lowest BCUT2D eigenvalue weighted by molar-refractivity contribution is -0.129. The van der Waals surface area contributed by atoms with Crippen molar-refractivity contribution in [3.63, 3.8) is 0 Å². The van der Waals surface area contributed by atoms with Crippen molar-refractivity contribution in [3.05, 3.63) is 106 Å². The maximum Gasteiger partial charge on any atom is 0.341 e. The molecule has 2 heterocycles. The van der Waals surface area contributed by atoms with Crippen LogP contribution in [0.5, 0.6) is 5.75 Å². The number of esters is 1. The van der Waals surface area contributed by atoms with Gasteiger partial charge in [0.05, 0.1) is 25.8 Å². The van der Waals surface area contributed by atoms with E-state index < -0.39 is 11.2 Å². The Morgan fingerprint density at radius 3 is 2.42 bits per heavy atom. The van der Waals surface area contributed by atoms with Gasteiger partial charge in [0.15, 0.2) is 0 Å². The number of fused-ring (bicyclic) bond motifs is 1. The summed E-state index contributed by atoms with van der Waals surface area (Å²) in [5.74, 6) is -0.462. The van der Waals surface area contributed by atoms with Crippen LogP contribution in [-0.2, 0) is 27.3 Å². The number of thioether (sulfide) groups is 1. The first-order valence-electron chi connectivity index (χ1n) is 14.4. The number of hydrogen-bond acceptors (Lipinski definition) is 8. The van der Waals surface area contributed by atoms with Gasteiger partial charge in [-0.05, 0) is 66.9 Å². The summed E-state index contributed by atoms with van der Waals surface area (Å²) >= 11 is 2.63. The van der Waals surface area contributed by atoms with Crippen LogP contribution in [0.25, 0.3) is 0 Å². The van der Waals surface area contributed by atoms with Crippen LogP contribution in [-0.4, -0.2) is 48.9 Å². The normalized spacial score (nSPS) is 12.9. The molecule has 232 valence electrons. The minimum absolute atomic E-state index is 0.0414. The zero-order chi connectivity index (χ0) is 31.9. The van der Waals surface area contributed by atoms with E-state index in [4.69, 9.17) is 9.47 Å². The molecule has 0 fully saturated rings. The van der Waals surface area contributed by atoms with E-state index in [0.29, 0.717) is 47.1 Å². The Bertz CT molecular complexity index is 1700. The number of anilines is 2. The van der Waals surface area contributed by atoms with Gasteiger partial charge in [0.2, 0.25) is 11.8 Å². The first kappa shape index (κ1) is 31.8. The van der Waals surface area contributed by atoms with Crippen LogP contribution < -0.4 is 15.4 Å². The first-order chi connectivity index (χ1) is 21.8. The van der Waals surface area contributed by atoms with Crippen LogP contribution in [0.4, 0.5) is 10.7 Å². The molecule has 0 saturated heterocycles. The van der Waals surface area contributed by atoms with Crippen molar-refractivity contribution in [2.75, 3.05) is 30.9 Å². The highest BCUT2D eigenvalue weighted by Gasteiger charge is 2.32. The van der Waals surface area contributed by atoms with Crippen LogP contribution in [0.3, 0.4) is 0 Å². The number of amides is 3. The molecule has 1 unspecified atom stereocenters. The summed E-state index contributed by atoms with van der Waals surface area (Å²) in [6.45, 7) is 4.33. The van der Waals surface area contributed by atoms with Crippen molar-refractivity contribution >= 4 is 57.5 Å². The van der Waals surface area contributed by atoms with Crippen LogP contribution in [0.1, 0.15) is 55.8 Å². The fourth-order valence-electron chi connectivity index (χ4n) is 4.99. The van der Waals surface area contributed by atoms with E-state index in [0.717, 1.165) is 20.9 Å². The quantitative estimate of drug-likeness (QED) is 0.149. The number of hydrogen-bond donors (Lipinski definition) is 2. The molecule has 11 heteroatoms. The second-order valence-electron chi connectivity index (χ2n) is 10.2. The van der Waals surface area contributed by atoms with E-state index >= 15 is 0 Å². The number of thiophene rings is 1. The third-order valence-corrected chi connectivity index (χ3v) is 9.64. The molecule has 1 atom stereocenters. The number of rotatable bonds is 10. The molecule has 0 radical (unpaired) electrons. The van der Waals surface area contributed by atoms with E-state index in [-0.39, 0.29) is 24.3 Å². The van der Waals surface area contributed by atoms with E-state index in [2.05, 4.69) is 10.6 Å². The molecule has 0 spiro atoms. The predicted molar refractivity (Wildman–Crippen MR) is 176 cm³/mol. The van der Waals surface area contributed by atoms with Gasteiger partial charge in [-0.15, -0.1) is 23.1 Å². The van der Waals surface area contributed by atoms with Crippen molar-refractivity contribution in [1.29, 1.82) is 0 Å². The zero-order valence-corrected chi connectivity index (χ0v) is 26.8. The number of benzene rings is 3. The topological polar surface area (TPSA) is 114 Å². The van der Waals surface area contributed by atoms with Gasteiger partial charge < -0.3 is 25.0 Å². The van der Waals surface area contributed by atoms with Crippen LogP contribution in [0, 0.1) is 0 Å². The molecule has 9 nitrogen and oxygen atoms in total. The first-order valence-corrected chi connectivity index (χ1v) is 16.1. The highest BCUT2D eigenvalue weighted by Crippen LogP contribution is 2.41. The third kappa shape index (κ3) is 7.55. The maximum atomic E-state index is 14.0. The summed E-state index contributed by atoms with van der Waals surface area (Å²) in [7, 11) is 1.57. The van der Waals surface area contributed by atoms with Crippen molar-refractivity contribution in [1.82, 2.24) is 4.90 Å². The molecule has 1 aliphatic rings. The Hall–Kier alpha value is -4.61. The van der Waals surface area contributed by atoms with E-state index in [1.54, 1.807) is 49.3 Å². The molecule has 5 rings (SSSR count). The fourth-order valence-corrected chi connectivity index (χ4v) is 7.32. The molecule has 3 amide bonds. The zero-order valence-electron chi connectivity index (χ0n) is 25.1. The number of carbonyl (C=O) groups excluding carboxylic acids is 4.